The van der Waals surface area contributed by atoms with Crippen molar-refractivity contribution in [2.45, 2.75) is 18.4 Å². The molecule has 0 atom stereocenters. The first kappa shape index (κ1) is 18.7. The molecule has 5 rings (SSSR count). The van der Waals surface area contributed by atoms with E-state index < -0.39 is 11.4 Å². The van der Waals surface area contributed by atoms with E-state index in [0.717, 1.165) is 17.1 Å². The molecular weight excluding hydrogens is 405 g/mol. The highest BCUT2D eigenvalue weighted by molar-refractivity contribution is 6.31. The van der Waals surface area contributed by atoms with E-state index in [4.69, 9.17) is 16.3 Å². The van der Waals surface area contributed by atoms with Gasteiger partial charge in [0.1, 0.15) is 23.3 Å². The Morgan fingerprint density at radius 1 is 1.13 bits per heavy atom. The molecule has 30 heavy (non-hydrogen) atoms. The standard InChI is InChI=1S/C23H17ClFN3O2/c24-17-13-15(5-7-18(17)25)22(29)27-11-9-23(10-12-27)21-8-6-16(14-26)28(21)19-3-1-2-4-20(19)30-23/h1-8,13H,9-12H2. The van der Waals surface area contributed by atoms with Gasteiger partial charge in [0, 0.05) is 31.5 Å². The number of nitriles is 1. The molecule has 150 valence electrons. The van der Waals surface area contributed by atoms with Gasteiger partial charge in [0.05, 0.1) is 16.4 Å². The predicted octanol–water partition coefficient (Wildman–Crippen LogP) is 4.67. The molecule has 1 saturated heterocycles. The Labute approximate surface area is 177 Å². The van der Waals surface area contributed by atoms with Crippen LogP contribution in [0.4, 0.5) is 4.39 Å². The second kappa shape index (κ2) is 6.89. The predicted molar refractivity (Wildman–Crippen MR) is 109 cm³/mol. The number of nitrogens with zero attached hydrogens (tertiary/aromatic N) is 3. The smallest absolute Gasteiger partial charge is 0.253 e. The summed E-state index contributed by atoms with van der Waals surface area (Å²) in [5.41, 5.74) is 2.08. The van der Waals surface area contributed by atoms with Gasteiger partial charge in [-0.1, -0.05) is 23.7 Å². The summed E-state index contributed by atoms with van der Waals surface area (Å²) >= 11 is 5.84. The Hall–Kier alpha value is -3.30. The number of hydrogen-bond acceptors (Lipinski definition) is 3. The minimum Gasteiger partial charge on any atom is -0.479 e. The molecule has 1 aromatic heterocycles. The Morgan fingerprint density at radius 3 is 2.63 bits per heavy atom. The van der Waals surface area contributed by atoms with E-state index in [2.05, 4.69) is 6.07 Å². The molecule has 0 unspecified atom stereocenters. The maximum atomic E-state index is 13.4. The van der Waals surface area contributed by atoms with Gasteiger partial charge >= 0.3 is 0 Å². The normalized spacial score (nSPS) is 16.4. The number of hydrogen-bond donors (Lipinski definition) is 0. The largest absolute Gasteiger partial charge is 0.479 e. The van der Waals surface area contributed by atoms with Crippen LogP contribution in [0.1, 0.15) is 34.6 Å². The summed E-state index contributed by atoms with van der Waals surface area (Å²) in [6.07, 6.45) is 1.16. The first-order chi connectivity index (χ1) is 14.5. The van der Waals surface area contributed by atoms with Gasteiger partial charge in [-0.05, 0) is 42.5 Å². The van der Waals surface area contributed by atoms with Crippen LogP contribution < -0.4 is 4.74 Å². The van der Waals surface area contributed by atoms with E-state index in [1.165, 1.54) is 18.2 Å². The van der Waals surface area contributed by atoms with Crippen LogP contribution in [-0.4, -0.2) is 28.5 Å². The lowest BCUT2D eigenvalue weighted by molar-refractivity contribution is -0.00937. The van der Waals surface area contributed by atoms with E-state index in [0.29, 0.717) is 37.2 Å². The molecule has 2 aliphatic heterocycles. The number of rotatable bonds is 1. The molecule has 0 saturated carbocycles. The van der Waals surface area contributed by atoms with Crippen molar-refractivity contribution in [2.24, 2.45) is 0 Å². The lowest BCUT2D eigenvalue weighted by Gasteiger charge is -2.45. The fourth-order valence-electron chi connectivity index (χ4n) is 4.37. The molecule has 2 aliphatic rings. The van der Waals surface area contributed by atoms with Crippen LogP contribution in [0.2, 0.25) is 5.02 Å². The number of ether oxygens (including phenoxy) is 1. The number of carbonyl (C=O) groups excluding carboxylic acids is 1. The number of piperidine rings is 1. The van der Waals surface area contributed by atoms with Gasteiger partial charge in [0.2, 0.25) is 0 Å². The molecule has 0 N–H and O–H groups in total. The first-order valence-corrected chi connectivity index (χ1v) is 10.1. The summed E-state index contributed by atoms with van der Waals surface area (Å²) in [6.45, 7) is 0.951. The van der Waals surface area contributed by atoms with E-state index in [1.54, 1.807) is 11.0 Å². The lowest BCUT2D eigenvalue weighted by atomic mass is 9.86. The number of aromatic nitrogens is 1. The molecule has 2 aromatic carbocycles. The SMILES string of the molecule is N#Cc1ccc2n1-c1ccccc1OC21CCN(C(=O)c2ccc(F)c(Cl)c2)CC1. The second-order valence-corrected chi connectivity index (χ2v) is 7.94. The van der Waals surface area contributed by atoms with Gasteiger partial charge in [-0.3, -0.25) is 9.36 Å². The van der Waals surface area contributed by atoms with Gasteiger partial charge in [-0.2, -0.15) is 5.26 Å². The van der Waals surface area contributed by atoms with Crippen molar-refractivity contribution in [1.82, 2.24) is 9.47 Å². The van der Waals surface area contributed by atoms with Gasteiger partial charge in [0.25, 0.3) is 5.91 Å². The van der Waals surface area contributed by atoms with Crippen LogP contribution >= 0.6 is 11.6 Å². The average Bonchev–Trinajstić information content (AvgIpc) is 3.21. The number of para-hydroxylation sites is 2. The van der Waals surface area contributed by atoms with Crippen molar-refractivity contribution in [3.05, 3.63) is 82.4 Å². The zero-order valence-corrected chi connectivity index (χ0v) is 16.7. The van der Waals surface area contributed by atoms with Crippen LogP contribution in [0, 0.1) is 17.1 Å². The summed E-state index contributed by atoms with van der Waals surface area (Å²) < 4.78 is 21.9. The van der Waals surface area contributed by atoms with Crippen LogP contribution in [-0.2, 0) is 5.60 Å². The molecule has 5 nitrogen and oxygen atoms in total. The molecule has 0 bridgehead atoms. The number of carbonyl (C=O) groups is 1. The summed E-state index contributed by atoms with van der Waals surface area (Å²) in [4.78, 5) is 14.6. The zero-order valence-electron chi connectivity index (χ0n) is 15.9. The summed E-state index contributed by atoms with van der Waals surface area (Å²) in [6, 6.07) is 17.7. The van der Waals surface area contributed by atoms with E-state index in [9.17, 15) is 14.4 Å². The van der Waals surface area contributed by atoms with Crippen LogP contribution in [0.25, 0.3) is 5.69 Å². The van der Waals surface area contributed by atoms with E-state index >= 15 is 0 Å². The fourth-order valence-corrected chi connectivity index (χ4v) is 4.55. The van der Waals surface area contributed by atoms with Gasteiger partial charge in [-0.25, -0.2) is 4.39 Å². The molecule has 3 aromatic rings. The topological polar surface area (TPSA) is 58.3 Å². The van der Waals surface area contributed by atoms with Crippen LogP contribution in [0.3, 0.4) is 0 Å². The van der Waals surface area contributed by atoms with Crippen LogP contribution in [0.15, 0.2) is 54.6 Å². The highest BCUT2D eigenvalue weighted by atomic mass is 35.5. The number of amides is 1. The van der Waals surface area contributed by atoms with Crippen molar-refractivity contribution < 1.29 is 13.9 Å². The van der Waals surface area contributed by atoms with Crippen LogP contribution in [0.5, 0.6) is 5.75 Å². The van der Waals surface area contributed by atoms with E-state index in [1.807, 2.05) is 34.9 Å². The zero-order chi connectivity index (χ0) is 20.9. The van der Waals surface area contributed by atoms with Crippen molar-refractivity contribution in [3.63, 3.8) is 0 Å². The monoisotopic (exact) mass is 421 g/mol. The number of halogens is 2. The Kier molecular flexibility index (Phi) is 4.30. The van der Waals surface area contributed by atoms with Gasteiger partial charge in [0.15, 0.2) is 5.60 Å². The third-order valence-electron chi connectivity index (χ3n) is 5.90. The number of likely N-dealkylation sites (tertiary alicyclic amines) is 1. The molecule has 1 amide bonds. The summed E-state index contributed by atoms with van der Waals surface area (Å²) in [5.74, 6) is -0.00649. The number of fused-ring (bicyclic) bond motifs is 4. The Bertz CT molecular complexity index is 1210. The summed E-state index contributed by atoms with van der Waals surface area (Å²) in [7, 11) is 0. The molecule has 1 spiro atoms. The molecule has 0 aliphatic carbocycles. The number of benzene rings is 2. The average molecular weight is 422 g/mol. The fraction of sp³-hybridized carbons (Fsp3) is 0.217. The third-order valence-corrected chi connectivity index (χ3v) is 6.19. The Balaban J connectivity index is 1.45. The Morgan fingerprint density at radius 2 is 1.90 bits per heavy atom. The second-order valence-electron chi connectivity index (χ2n) is 7.54. The van der Waals surface area contributed by atoms with Gasteiger partial charge in [-0.15, -0.1) is 0 Å². The molecular formula is C23H17ClFN3O2. The van der Waals surface area contributed by atoms with Crippen molar-refractivity contribution in [1.29, 1.82) is 5.26 Å². The third kappa shape index (κ3) is 2.78. The highest BCUT2D eigenvalue weighted by Gasteiger charge is 2.45. The van der Waals surface area contributed by atoms with Gasteiger partial charge < -0.3 is 9.64 Å². The maximum absolute atomic E-state index is 13.4. The van der Waals surface area contributed by atoms with Crippen molar-refractivity contribution >= 4 is 17.5 Å². The minimum absolute atomic E-state index is 0.0663. The molecule has 7 heteroatoms. The molecule has 0 radical (unpaired) electrons. The summed E-state index contributed by atoms with van der Waals surface area (Å²) in [5, 5.41) is 9.51. The minimum atomic E-state index is -0.610. The first-order valence-electron chi connectivity index (χ1n) is 9.67. The molecule has 3 heterocycles. The quantitative estimate of drug-likeness (QED) is 0.574. The molecule has 1 fully saturated rings. The van der Waals surface area contributed by atoms with E-state index in [-0.39, 0.29) is 10.9 Å². The maximum Gasteiger partial charge on any atom is 0.253 e. The van der Waals surface area contributed by atoms with Crippen molar-refractivity contribution in [3.8, 4) is 17.5 Å². The van der Waals surface area contributed by atoms with Crippen molar-refractivity contribution in [2.75, 3.05) is 13.1 Å². The highest BCUT2D eigenvalue weighted by Crippen LogP contribution is 2.45. The lowest BCUT2D eigenvalue weighted by Crippen LogP contribution is -2.50.